The molecule has 0 amide bonds. The summed E-state index contributed by atoms with van der Waals surface area (Å²) in [6, 6.07) is 2.20. The second-order valence-electron chi connectivity index (χ2n) is 3.44. The largest absolute Gasteiger partial charge is 0.481 e. The van der Waals surface area contributed by atoms with Crippen LogP contribution in [-0.2, 0) is 4.79 Å². The minimum absolute atomic E-state index is 0.0594. The van der Waals surface area contributed by atoms with Gasteiger partial charge in [0.25, 0.3) is 0 Å². The molecule has 92 valence electrons. The first kappa shape index (κ1) is 16.0. The Morgan fingerprint density at radius 1 is 1.50 bits per heavy atom. The highest BCUT2D eigenvalue weighted by Gasteiger charge is 2.25. The lowest BCUT2D eigenvalue weighted by Crippen LogP contribution is -2.19. The first-order valence-electron chi connectivity index (χ1n) is 5.05. The van der Waals surface area contributed by atoms with E-state index in [4.69, 9.17) is 10.4 Å². The Bertz CT molecular complexity index is 255. The van der Waals surface area contributed by atoms with Crippen LogP contribution < -0.4 is 0 Å². The molecule has 0 aliphatic heterocycles. The van der Waals surface area contributed by atoms with Gasteiger partial charge in [0, 0.05) is 12.2 Å². The molecule has 1 N–H and O–H groups in total. The zero-order chi connectivity index (χ0) is 12.4. The van der Waals surface area contributed by atoms with Crippen LogP contribution in [0.1, 0.15) is 33.1 Å². The average molecular weight is 279 g/mol. The molecule has 0 aromatic carbocycles. The zero-order valence-electron chi connectivity index (χ0n) is 9.56. The van der Waals surface area contributed by atoms with Crippen molar-refractivity contribution in [1.82, 2.24) is 0 Å². The molecule has 0 aliphatic rings. The number of thioether (sulfide) groups is 1. The predicted octanol–water partition coefficient (Wildman–Crippen LogP) is 3.62. The molecular formula is C10H17NO2S3. The quantitative estimate of drug-likeness (QED) is 0.395. The minimum atomic E-state index is -0.838. The van der Waals surface area contributed by atoms with E-state index in [1.165, 1.54) is 11.8 Å². The van der Waals surface area contributed by atoms with Crippen molar-refractivity contribution in [3.8, 4) is 6.07 Å². The first-order valence-corrected chi connectivity index (χ1v) is 8.53. The number of nitriles is 1. The van der Waals surface area contributed by atoms with Crippen molar-refractivity contribution in [2.45, 2.75) is 37.9 Å². The van der Waals surface area contributed by atoms with E-state index < -0.39 is 10.7 Å². The summed E-state index contributed by atoms with van der Waals surface area (Å²) in [5.41, 5.74) is 0. The molecule has 0 aromatic rings. The molecule has 16 heavy (non-hydrogen) atoms. The van der Waals surface area contributed by atoms with E-state index in [-0.39, 0.29) is 6.42 Å². The maximum atomic E-state index is 10.4. The fraction of sp³-hybridized carbons (Fsp3) is 0.800. The SMILES string of the molecule is CCCSSCSC(C)(C#N)CCC(=O)O. The first-order chi connectivity index (χ1) is 7.54. The van der Waals surface area contributed by atoms with E-state index in [0.29, 0.717) is 6.42 Å². The van der Waals surface area contributed by atoms with Gasteiger partial charge < -0.3 is 5.11 Å². The highest BCUT2D eigenvalue weighted by molar-refractivity contribution is 8.78. The molecule has 0 saturated carbocycles. The minimum Gasteiger partial charge on any atom is -0.481 e. The van der Waals surface area contributed by atoms with Gasteiger partial charge in [-0.05, 0) is 19.8 Å². The topological polar surface area (TPSA) is 61.1 Å². The monoisotopic (exact) mass is 279 g/mol. The van der Waals surface area contributed by atoms with Crippen LogP contribution in [0.3, 0.4) is 0 Å². The fourth-order valence-corrected chi connectivity index (χ4v) is 4.84. The van der Waals surface area contributed by atoms with E-state index in [1.807, 2.05) is 6.92 Å². The number of carboxylic acid groups (broad SMARTS) is 1. The molecule has 0 aromatic heterocycles. The third-order valence-corrected chi connectivity index (χ3v) is 6.25. The van der Waals surface area contributed by atoms with Crippen molar-refractivity contribution in [3.63, 3.8) is 0 Å². The van der Waals surface area contributed by atoms with Crippen molar-refractivity contribution < 1.29 is 9.90 Å². The summed E-state index contributed by atoms with van der Waals surface area (Å²) in [4.78, 5) is 10.4. The smallest absolute Gasteiger partial charge is 0.303 e. The molecule has 1 atom stereocenters. The number of hydrogen-bond donors (Lipinski definition) is 1. The summed E-state index contributed by atoms with van der Waals surface area (Å²) in [7, 11) is 3.53. The Balaban J connectivity index is 3.80. The lowest BCUT2D eigenvalue weighted by atomic mass is 10.1. The van der Waals surface area contributed by atoms with E-state index >= 15 is 0 Å². The van der Waals surface area contributed by atoms with Crippen LogP contribution in [0.4, 0.5) is 0 Å². The van der Waals surface area contributed by atoms with Gasteiger partial charge in [-0.25, -0.2) is 0 Å². The number of hydrogen-bond acceptors (Lipinski definition) is 5. The molecule has 0 fully saturated rings. The van der Waals surface area contributed by atoms with Crippen molar-refractivity contribution in [2.24, 2.45) is 0 Å². The molecule has 0 rings (SSSR count). The summed E-state index contributed by atoms with van der Waals surface area (Å²) < 4.78 is -0.571. The van der Waals surface area contributed by atoms with Crippen LogP contribution >= 0.6 is 33.3 Å². The van der Waals surface area contributed by atoms with Crippen LogP contribution in [0.15, 0.2) is 0 Å². The average Bonchev–Trinajstić information content (AvgIpc) is 2.26. The number of carboxylic acids is 1. The Labute approximate surface area is 109 Å². The Kier molecular flexibility index (Phi) is 9.09. The van der Waals surface area contributed by atoms with Crippen molar-refractivity contribution in [2.75, 3.05) is 10.8 Å². The zero-order valence-corrected chi connectivity index (χ0v) is 12.0. The van der Waals surface area contributed by atoms with Crippen molar-refractivity contribution in [1.29, 1.82) is 5.26 Å². The van der Waals surface area contributed by atoms with Gasteiger partial charge in [0.05, 0.1) is 11.2 Å². The summed E-state index contributed by atoms with van der Waals surface area (Å²) in [5.74, 6) is 0.277. The standard InChI is InChI=1S/C10H17NO2S3/c1-3-6-15-16-8-14-10(2,7-11)5-4-9(12)13/h3-6,8H2,1-2H3,(H,12,13). The third-order valence-electron chi connectivity index (χ3n) is 1.85. The second-order valence-corrected chi connectivity index (χ2v) is 7.86. The Morgan fingerprint density at radius 2 is 2.19 bits per heavy atom. The lowest BCUT2D eigenvalue weighted by molar-refractivity contribution is -0.137. The van der Waals surface area contributed by atoms with E-state index in [2.05, 4.69) is 13.0 Å². The molecule has 1 unspecified atom stereocenters. The summed E-state index contributed by atoms with van der Waals surface area (Å²) in [6.07, 6.45) is 1.61. The van der Waals surface area contributed by atoms with Gasteiger partial charge in [-0.3, -0.25) is 4.79 Å². The molecule has 6 heteroatoms. The molecule has 0 heterocycles. The molecule has 0 radical (unpaired) electrons. The van der Waals surface area contributed by atoms with Gasteiger partial charge in [-0.15, -0.1) is 11.8 Å². The molecule has 0 saturated heterocycles. The highest BCUT2D eigenvalue weighted by Crippen LogP contribution is 2.35. The van der Waals surface area contributed by atoms with E-state index in [0.717, 1.165) is 17.3 Å². The normalized spacial score (nSPS) is 14.1. The van der Waals surface area contributed by atoms with Crippen molar-refractivity contribution >= 4 is 39.3 Å². The maximum Gasteiger partial charge on any atom is 0.303 e. The molecule has 3 nitrogen and oxygen atoms in total. The highest BCUT2D eigenvalue weighted by atomic mass is 33.1. The summed E-state index contributed by atoms with van der Waals surface area (Å²) in [6.45, 7) is 3.94. The van der Waals surface area contributed by atoms with Gasteiger partial charge >= 0.3 is 5.97 Å². The van der Waals surface area contributed by atoms with E-state index in [1.54, 1.807) is 21.6 Å². The molecular weight excluding hydrogens is 262 g/mol. The van der Waals surface area contributed by atoms with Crippen LogP contribution in [0.25, 0.3) is 0 Å². The molecule has 0 spiro atoms. The van der Waals surface area contributed by atoms with Crippen LogP contribution in [-0.4, -0.2) is 26.7 Å². The Morgan fingerprint density at radius 3 is 2.69 bits per heavy atom. The number of nitrogens with zero attached hydrogens (tertiary/aromatic N) is 1. The van der Waals surface area contributed by atoms with Gasteiger partial charge in [0.15, 0.2) is 0 Å². The van der Waals surface area contributed by atoms with Gasteiger partial charge in [-0.2, -0.15) is 5.26 Å². The van der Waals surface area contributed by atoms with Gasteiger partial charge in [0.1, 0.15) is 4.75 Å². The second kappa shape index (κ2) is 9.08. The number of aliphatic carboxylic acids is 1. The maximum absolute atomic E-state index is 10.4. The predicted molar refractivity (Wildman–Crippen MR) is 73.7 cm³/mol. The fourth-order valence-electron chi connectivity index (χ4n) is 0.836. The van der Waals surface area contributed by atoms with E-state index in [9.17, 15) is 4.79 Å². The Hall–Kier alpha value is 0.01000. The molecule has 0 bridgehead atoms. The lowest BCUT2D eigenvalue weighted by Gasteiger charge is -2.19. The van der Waals surface area contributed by atoms with Crippen LogP contribution in [0.5, 0.6) is 0 Å². The number of carbonyl (C=O) groups is 1. The molecule has 0 aliphatic carbocycles. The summed E-state index contributed by atoms with van der Waals surface area (Å²) in [5, 5.41) is 18.4. The van der Waals surface area contributed by atoms with Crippen LogP contribution in [0, 0.1) is 11.3 Å². The van der Waals surface area contributed by atoms with Crippen LogP contribution in [0.2, 0.25) is 0 Å². The van der Waals surface area contributed by atoms with Gasteiger partial charge in [0.2, 0.25) is 0 Å². The summed E-state index contributed by atoms with van der Waals surface area (Å²) >= 11 is 1.53. The van der Waals surface area contributed by atoms with Crippen molar-refractivity contribution in [3.05, 3.63) is 0 Å². The van der Waals surface area contributed by atoms with Gasteiger partial charge in [-0.1, -0.05) is 28.5 Å². The third kappa shape index (κ3) is 8.20. The number of rotatable bonds is 9.